The van der Waals surface area contributed by atoms with Gasteiger partial charge in [0, 0.05) is 12.6 Å². The molecular formula is C12H16N2O2. The van der Waals surface area contributed by atoms with Crippen LogP contribution in [-0.4, -0.2) is 23.7 Å². The van der Waals surface area contributed by atoms with Gasteiger partial charge in [-0.15, -0.1) is 0 Å². The average Bonchev–Trinajstić information content (AvgIpc) is 2.77. The minimum atomic E-state index is 0.225. The second-order valence-corrected chi connectivity index (χ2v) is 3.79. The highest BCUT2D eigenvalue weighted by Gasteiger charge is 2.10. The van der Waals surface area contributed by atoms with Gasteiger partial charge in [-0.3, -0.25) is 0 Å². The molecule has 0 aliphatic carbocycles. The van der Waals surface area contributed by atoms with E-state index in [0.29, 0.717) is 0 Å². The van der Waals surface area contributed by atoms with Gasteiger partial charge in [0.15, 0.2) is 12.0 Å². The van der Waals surface area contributed by atoms with Crippen LogP contribution in [0.1, 0.15) is 24.4 Å². The van der Waals surface area contributed by atoms with Gasteiger partial charge in [0.1, 0.15) is 5.52 Å². The highest BCUT2D eigenvalue weighted by molar-refractivity contribution is 5.72. The molecular weight excluding hydrogens is 204 g/mol. The van der Waals surface area contributed by atoms with Crippen LogP contribution < -0.4 is 5.32 Å². The van der Waals surface area contributed by atoms with Crippen LogP contribution in [0.3, 0.4) is 0 Å². The fourth-order valence-electron chi connectivity index (χ4n) is 1.86. The first-order valence-corrected chi connectivity index (χ1v) is 5.46. The number of aliphatic hydroxyl groups excluding tert-OH is 1. The Morgan fingerprint density at radius 1 is 1.50 bits per heavy atom. The van der Waals surface area contributed by atoms with E-state index in [1.807, 2.05) is 25.2 Å². The van der Waals surface area contributed by atoms with Gasteiger partial charge >= 0.3 is 0 Å². The van der Waals surface area contributed by atoms with Crippen molar-refractivity contribution in [3.05, 3.63) is 30.2 Å². The molecule has 2 N–H and O–H groups in total. The lowest BCUT2D eigenvalue weighted by molar-refractivity contribution is 0.276. The van der Waals surface area contributed by atoms with E-state index in [4.69, 9.17) is 9.52 Å². The number of hydrogen-bond donors (Lipinski definition) is 2. The molecule has 0 fully saturated rings. The molecule has 2 rings (SSSR count). The summed E-state index contributed by atoms with van der Waals surface area (Å²) in [4.78, 5) is 4.08. The maximum atomic E-state index is 8.84. The second kappa shape index (κ2) is 5.09. The Morgan fingerprint density at radius 2 is 2.38 bits per heavy atom. The summed E-state index contributed by atoms with van der Waals surface area (Å²) in [6, 6.07) is 6.25. The fraction of sp³-hybridized carbons (Fsp3) is 0.417. The first-order chi connectivity index (χ1) is 7.85. The molecule has 4 nitrogen and oxygen atoms in total. The Morgan fingerprint density at radius 3 is 3.12 bits per heavy atom. The number of oxazole rings is 1. The summed E-state index contributed by atoms with van der Waals surface area (Å²) in [6.45, 7) is 0.225. The summed E-state index contributed by atoms with van der Waals surface area (Å²) in [5, 5.41) is 12.1. The number of rotatable bonds is 5. The topological polar surface area (TPSA) is 58.3 Å². The van der Waals surface area contributed by atoms with E-state index in [9.17, 15) is 0 Å². The first-order valence-electron chi connectivity index (χ1n) is 5.46. The predicted molar refractivity (Wildman–Crippen MR) is 62.1 cm³/mol. The summed E-state index contributed by atoms with van der Waals surface area (Å²) in [7, 11) is 1.92. The molecule has 0 bridgehead atoms. The molecule has 1 unspecified atom stereocenters. The summed E-state index contributed by atoms with van der Waals surface area (Å²) < 4.78 is 5.27. The smallest absolute Gasteiger partial charge is 0.181 e. The average molecular weight is 220 g/mol. The van der Waals surface area contributed by atoms with E-state index in [-0.39, 0.29) is 12.6 Å². The molecule has 1 aromatic carbocycles. The standard InChI is InChI=1S/C12H16N2O2/c1-13-10(3-2-6-15)9-4-5-11-12(7-9)16-8-14-11/h4-5,7-8,10,13,15H,2-3,6H2,1H3. The summed E-state index contributed by atoms with van der Waals surface area (Å²) in [5.74, 6) is 0. The third kappa shape index (κ3) is 2.23. The van der Waals surface area contributed by atoms with Crippen molar-refractivity contribution < 1.29 is 9.52 Å². The minimum absolute atomic E-state index is 0.225. The summed E-state index contributed by atoms with van der Waals surface area (Å²) in [5.41, 5.74) is 2.85. The molecule has 0 radical (unpaired) electrons. The molecule has 86 valence electrons. The normalized spacial score (nSPS) is 13.1. The predicted octanol–water partition coefficient (Wildman–Crippen LogP) is 1.86. The molecule has 1 atom stereocenters. The largest absolute Gasteiger partial charge is 0.443 e. The van der Waals surface area contributed by atoms with Crippen molar-refractivity contribution in [1.29, 1.82) is 0 Å². The SMILES string of the molecule is CNC(CCCO)c1ccc2ncoc2c1. The van der Waals surface area contributed by atoms with E-state index < -0.39 is 0 Å². The van der Waals surface area contributed by atoms with Crippen molar-refractivity contribution in [3.8, 4) is 0 Å². The number of nitrogens with one attached hydrogen (secondary N) is 1. The quantitative estimate of drug-likeness (QED) is 0.807. The van der Waals surface area contributed by atoms with Crippen LogP contribution in [0.5, 0.6) is 0 Å². The van der Waals surface area contributed by atoms with E-state index in [1.165, 1.54) is 12.0 Å². The molecule has 0 saturated heterocycles. The van der Waals surface area contributed by atoms with Gasteiger partial charge in [-0.2, -0.15) is 0 Å². The van der Waals surface area contributed by atoms with Crippen LogP contribution in [0, 0.1) is 0 Å². The summed E-state index contributed by atoms with van der Waals surface area (Å²) in [6.07, 6.45) is 3.16. The second-order valence-electron chi connectivity index (χ2n) is 3.79. The lowest BCUT2D eigenvalue weighted by Crippen LogP contribution is -2.16. The molecule has 16 heavy (non-hydrogen) atoms. The Labute approximate surface area is 94.3 Å². The highest BCUT2D eigenvalue weighted by Crippen LogP contribution is 2.22. The van der Waals surface area contributed by atoms with Gasteiger partial charge in [0.2, 0.25) is 0 Å². The van der Waals surface area contributed by atoms with Gasteiger partial charge in [0.25, 0.3) is 0 Å². The lowest BCUT2D eigenvalue weighted by Gasteiger charge is -2.15. The van der Waals surface area contributed by atoms with Crippen molar-refractivity contribution in [1.82, 2.24) is 10.3 Å². The number of benzene rings is 1. The molecule has 1 aromatic heterocycles. The van der Waals surface area contributed by atoms with Crippen LogP contribution in [0.2, 0.25) is 0 Å². The molecule has 0 spiro atoms. The Kier molecular flexibility index (Phi) is 3.54. The van der Waals surface area contributed by atoms with Crippen molar-refractivity contribution >= 4 is 11.1 Å². The molecule has 0 aliphatic rings. The van der Waals surface area contributed by atoms with Crippen LogP contribution >= 0.6 is 0 Å². The molecule has 2 aromatic rings. The number of aromatic nitrogens is 1. The monoisotopic (exact) mass is 220 g/mol. The van der Waals surface area contributed by atoms with Crippen LogP contribution in [0.4, 0.5) is 0 Å². The van der Waals surface area contributed by atoms with Crippen molar-refractivity contribution in [3.63, 3.8) is 0 Å². The van der Waals surface area contributed by atoms with Gasteiger partial charge in [-0.25, -0.2) is 4.98 Å². The van der Waals surface area contributed by atoms with E-state index in [0.717, 1.165) is 23.9 Å². The Balaban J connectivity index is 2.22. The Hall–Kier alpha value is -1.39. The minimum Gasteiger partial charge on any atom is -0.443 e. The zero-order valence-corrected chi connectivity index (χ0v) is 9.31. The maximum absolute atomic E-state index is 8.84. The summed E-state index contributed by atoms with van der Waals surface area (Å²) >= 11 is 0. The zero-order chi connectivity index (χ0) is 11.4. The molecule has 4 heteroatoms. The third-order valence-electron chi connectivity index (χ3n) is 2.76. The number of hydrogen-bond acceptors (Lipinski definition) is 4. The first kappa shape index (κ1) is 11.1. The Bertz CT molecular complexity index is 453. The zero-order valence-electron chi connectivity index (χ0n) is 9.31. The van der Waals surface area contributed by atoms with Crippen molar-refractivity contribution in [2.24, 2.45) is 0 Å². The van der Waals surface area contributed by atoms with Gasteiger partial charge < -0.3 is 14.8 Å². The molecule has 0 amide bonds. The maximum Gasteiger partial charge on any atom is 0.181 e. The van der Waals surface area contributed by atoms with Crippen molar-refractivity contribution in [2.75, 3.05) is 13.7 Å². The van der Waals surface area contributed by atoms with Gasteiger partial charge in [-0.05, 0) is 37.6 Å². The fourth-order valence-corrected chi connectivity index (χ4v) is 1.86. The van der Waals surface area contributed by atoms with Crippen LogP contribution in [0.15, 0.2) is 29.0 Å². The molecule has 1 heterocycles. The highest BCUT2D eigenvalue weighted by atomic mass is 16.3. The van der Waals surface area contributed by atoms with E-state index in [1.54, 1.807) is 0 Å². The number of aliphatic hydroxyl groups is 1. The van der Waals surface area contributed by atoms with Gasteiger partial charge in [0.05, 0.1) is 0 Å². The van der Waals surface area contributed by atoms with Crippen LogP contribution in [-0.2, 0) is 0 Å². The number of nitrogens with zero attached hydrogens (tertiary/aromatic N) is 1. The lowest BCUT2D eigenvalue weighted by atomic mass is 10.0. The molecule has 0 aliphatic heterocycles. The third-order valence-corrected chi connectivity index (χ3v) is 2.76. The van der Waals surface area contributed by atoms with Gasteiger partial charge in [-0.1, -0.05) is 6.07 Å². The van der Waals surface area contributed by atoms with E-state index >= 15 is 0 Å². The number of fused-ring (bicyclic) bond motifs is 1. The molecule has 0 saturated carbocycles. The van der Waals surface area contributed by atoms with E-state index in [2.05, 4.69) is 10.3 Å². The van der Waals surface area contributed by atoms with Crippen molar-refractivity contribution in [2.45, 2.75) is 18.9 Å². The van der Waals surface area contributed by atoms with Crippen LogP contribution in [0.25, 0.3) is 11.1 Å².